The van der Waals surface area contributed by atoms with Gasteiger partial charge in [-0.2, -0.15) is 0 Å². The van der Waals surface area contributed by atoms with Crippen LogP contribution in [0.3, 0.4) is 0 Å². The van der Waals surface area contributed by atoms with E-state index >= 15 is 0 Å². The fourth-order valence-electron chi connectivity index (χ4n) is 0.272. The van der Waals surface area contributed by atoms with Crippen LogP contribution >= 0.6 is 0 Å². The molecule has 0 saturated heterocycles. The highest BCUT2D eigenvalue weighted by Gasteiger charge is 1.70. The zero-order valence-electron chi connectivity index (χ0n) is 6.48. The molecule has 0 saturated carbocycles. The largest absolute Gasteiger partial charge is 0.305 e. The summed E-state index contributed by atoms with van der Waals surface area (Å²) >= 11 is 0. The highest BCUT2D eigenvalue weighted by molar-refractivity contribution is 4.75. The Labute approximate surface area is 60.5 Å². The predicted molar refractivity (Wildman–Crippen MR) is 42.0 cm³/mol. The van der Waals surface area contributed by atoms with Gasteiger partial charge in [-0.05, 0) is 0 Å². The summed E-state index contributed by atoms with van der Waals surface area (Å²) in [6.07, 6.45) is 4.18. The normalized spacial score (nSPS) is 8.20. The van der Waals surface area contributed by atoms with Crippen molar-refractivity contribution < 1.29 is 0 Å². The van der Waals surface area contributed by atoms with Crippen LogP contribution in [0, 0.1) is 0 Å². The lowest BCUT2D eigenvalue weighted by Gasteiger charge is -1.68. The summed E-state index contributed by atoms with van der Waals surface area (Å²) in [5, 5.41) is 4.81. The van der Waals surface area contributed by atoms with E-state index < -0.39 is 0 Å². The molecule has 0 spiro atoms. The van der Waals surface area contributed by atoms with Crippen molar-refractivity contribution >= 4 is 0 Å². The van der Waals surface area contributed by atoms with E-state index in [9.17, 15) is 4.79 Å². The van der Waals surface area contributed by atoms with Gasteiger partial charge in [0.25, 0.3) is 5.56 Å². The zero-order valence-corrected chi connectivity index (χ0v) is 6.48. The second-order valence-electron chi connectivity index (χ2n) is 1.97. The lowest BCUT2D eigenvalue weighted by molar-refractivity contribution is 0.886. The van der Waals surface area contributed by atoms with E-state index in [4.69, 9.17) is 0 Å². The third-order valence-corrected chi connectivity index (χ3v) is 1.01. The van der Waals surface area contributed by atoms with Gasteiger partial charge in [-0.15, -0.1) is 0 Å². The van der Waals surface area contributed by atoms with E-state index in [-0.39, 0.29) is 5.56 Å². The Balaban J connectivity index is 0.000000180. The molecule has 2 N–H and O–H groups in total. The molecule has 1 heterocycles. The van der Waals surface area contributed by atoms with Gasteiger partial charge in [-0.3, -0.25) is 9.89 Å². The van der Waals surface area contributed by atoms with Gasteiger partial charge in [0.2, 0.25) is 0 Å². The molecule has 58 valence electrons. The first-order chi connectivity index (χ1) is 4.81. The minimum atomic E-state index is -0.0880. The Hall–Kier alpha value is -0.990. The first-order valence-electron chi connectivity index (χ1n) is 3.53. The van der Waals surface area contributed by atoms with Crippen LogP contribution in [0.25, 0.3) is 0 Å². The maximum atomic E-state index is 9.98. The molecule has 0 atom stereocenters. The highest BCUT2D eigenvalue weighted by atomic mass is 16.1. The summed E-state index contributed by atoms with van der Waals surface area (Å²) in [7, 11) is 0. The molecule has 0 amide bonds. The molecule has 0 unspecified atom stereocenters. The zero-order chi connectivity index (χ0) is 7.82. The molecule has 0 aromatic carbocycles. The number of H-pyrrole nitrogens is 2. The second-order valence-corrected chi connectivity index (χ2v) is 1.97. The molecule has 0 radical (unpaired) electrons. The Kier molecular flexibility index (Phi) is 5.53. The van der Waals surface area contributed by atoms with E-state index in [1.807, 2.05) is 0 Å². The molecule has 1 rings (SSSR count). The average molecular weight is 142 g/mol. The van der Waals surface area contributed by atoms with Crippen molar-refractivity contribution in [3.05, 3.63) is 22.6 Å². The van der Waals surface area contributed by atoms with Crippen LogP contribution < -0.4 is 5.56 Å². The minimum absolute atomic E-state index is 0.0880. The minimum Gasteiger partial charge on any atom is -0.305 e. The van der Waals surface area contributed by atoms with Crippen molar-refractivity contribution in [2.24, 2.45) is 0 Å². The molecule has 3 nitrogen and oxygen atoms in total. The summed E-state index contributed by atoms with van der Waals surface area (Å²) in [6, 6.07) is 1.42. The van der Waals surface area contributed by atoms with Crippen LogP contribution in [0.15, 0.2) is 17.1 Å². The van der Waals surface area contributed by atoms with Gasteiger partial charge in [-0.1, -0.05) is 26.7 Å². The lowest BCUT2D eigenvalue weighted by Crippen LogP contribution is -1.93. The third-order valence-electron chi connectivity index (χ3n) is 1.01. The van der Waals surface area contributed by atoms with Crippen LogP contribution in [0.5, 0.6) is 0 Å². The summed E-state index contributed by atoms with van der Waals surface area (Å²) in [5.41, 5.74) is -0.0880. The molecule has 1 aromatic rings. The Morgan fingerprint density at radius 2 is 2.00 bits per heavy atom. The molecule has 0 aliphatic heterocycles. The van der Waals surface area contributed by atoms with Crippen LogP contribution in [-0.4, -0.2) is 10.2 Å². The smallest absolute Gasteiger partial charge is 0.263 e. The second kappa shape index (κ2) is 6.13. The van der Waals surface area contributed by atoms with Crippen LogP contribution in [-0.2, 0) is 0 Å². The molecular weight excluding hydrogens is 128 g/mol. The van der Waals surface area contributed by atoms with Crippen molar-refractivity contribution in [1.82, 2.24) is 10.2 Å². The fraction of sp³-hybridized carbons (Fsp3) is 0.571. The number of hydrogen-bond donors (Lipinski definition) is 2. The number of aromatic nitrogens is 2. The van der Waals surface area contributed by atoms with Crippen molar-refractivity contribution in [3.8, 4) is 0 Å². The number of aromatic amines is 2. The van der Waals surface area contributed by atoms with Gasteiger partial charge in [0.05, 0.1) is 0 Å². The average Bonchev–Trinajstić information content (AvgIpc) is 2.40. The maximum absolute atomic E-state index is 9.98. The van der Waals surface area contributed by atoms with E-state index in [0.29, 0.717) is 0 Å². The summed E-state index contributed by atoms with van der Waals surface area (Å²) in [6.45, 7) is 4.36. The third kappa shape index (κ3) is 5.15. The first-order valence-corrected chi connectivity index (χ1v) is 3.53. The SMILES string of the molecule is CCCC.O=c1cc[nH][nH]1. The Morgan fingerprint density at radius 1 is 1.40 bits per heavy atom. The van der Waals surface area contributed by atoms with E-state index in [0.717, 1.165) is 0 Å². The lowest BCUT2D eigenvalue weighted by atomic mass is 10.4. The Morgan fingerprint density at radius 3 is 2.10 bits per heavy atom. The van der Waals surface area contributed by atoms with Crippen molar-refractivity contribution in [2.45, 2.75) is 26.7 Å². The van der Waals surface area contributed by atoms with E-state index in [2.05, 4.69) is 24.0 Å². The monoisotopic (exact) mass is 142 g/mol. The molecule has 10 heavy (non-hydrogen) atoms. The number of hydrogen-bond acceptors (Lipinski definition) is 1. The molecule has 0 bridgehead atoms. The molecule has 0 aliphatic carbocycles. The molecule has 0 aliphatic rings. The van der Waals surface area contributed by atoms with Crippen molar-refractivity contribution in [2.75, 3.05) is 0 Å². The van der Waals surface area contributed by atoms with Crippen molar-refractivity contribution in [1.29, 1.82) is 0 Å². The van der Waals surface area contributed by atoms with E-state index in [1.54, 1.807) is 6.20 Å². The first kappa shape index (κ1) is 9.01. The van der Waals surface area contributed by atoms with Gasteiger partial charge in [0, 0.05) is 12.3 Å². The summed E-state index contributed by atoms with van der Waals surface area (Å²) in [5.74, 6) is 0. The van der Waals surface area contributed by atoms with Gasteiger partial charge in [0.1, 0.15) is 0 Å². The van der Waals surface area contributed by atoms with Crippen LogP contribution in [0.2, 0.25) is 0 Å². The quantitative estimate of drug-likeness (QED) is 0.613. The maximum Gasteiger partial charge on any atom is 0.263 e. The van der Waals surface area contributed by atoms with E-state index in [1.165, 1.54) is 18.9 Å². The van der Waals surface area contributed by atoms with Crippen LogP contribution in [0.4, 0.5) is 0 Å². The van der Waals surface area contributed by atoms with Gasteiger partial charge < -0.3 is 5.10 Å². The van der Waals surface area contributed by atoms with Crippen molar-refractivity contribution in [3.63, 3.8) is 0 Å². The molecule has 1 aromatic heterocycles. The predicted octanol–water partition coefficient (Wildman–Crippen LogP) is 1.51. The number of unbranched alkanes of at least 4 members (excludes halogenated alkanes) is 1. The molecular formula is C7H14N2O. The summed E-state index contributed by atoms with van der Waals surface area (Å²) < 4.78 is 0. The number of nitrogens with one attached hydrogen (secondary N) is 2. The van der Waals surface area contributed by atoms with Crippen LogP contribution in [0.1, 0.15) is 26.7 Å². The van der Waals surface area contributed by atoms with Gasteiger partial charge >= 0.3 is 0 Å². The van der Waals surface area contributed by atoms with Gasteiger partial charge in [-0.25, -0.2) is 0 Å². The number of rotatable bonds is 1. The highest BCUT2D eigenvalue weighted by Crippen LogP contribution is 1.76. The fourth-order valence-corrected chi connectivity index (χ4v) is 0.272. The Bertz CT molecular complexity index is 171. The van der Waals surface area contributed by atoms with Gasteiger partial charge in [0.15, 0.2) is 0 Å². The molecule has 3 heteroatoms. The molecule has 0 fully saturated rings. The summed E-state index contributed by atoms with van der Waals surface area (Å²) in [4.78, 5) is 9.98. The standard InChI is InChI=1S/C4H10.C3H4N2O/c1-3-4-2;6-3-1-2-4-5-3/h3-4H2,1-2H3;1-2H,(H2,4,5,6). The topological polar surface area (TPSA) is 48.6 Å².